The average Bonchev–Trinajstić information content (AvgIpc) is 3.25. The number of nitrogens with one attached hydrogen (secondary N) is 2. The van der Waals surface area contributed by atoms with E-state index < -0.39 is 0 Å². The van der Waals surface area contributed by atoms with Crippen LogP contribution in [0.5, 0.6) is 5.88 Å². The summed E-state index contributed by atoms with van der Waals surface area (Å²) in [6.07, 6.45) is 5.52. The van der Waals surface area contributed by atoms with E-state index >= 15 is 0 Å². The van der Waals surface area contributed by atoms with Gasteiger partial charge in [0.2, 0.25) is 5.88 Å². The molecule has 7 nitrogen and oxygen atoms in total. The minimum absolute atomic E-state index is 0. The van der Waals surface area contributed by atoms with Crippen molar-refractivity contribution >= 4 is 29.9 Å². The number of pyridine rings is 1. The summed E-state index contributed by atoms with van der Waals surface area (Å²) in [5.74, 6) is 1.40. The van der Waals surface area contributed by atoms with E-state index in [0.29, 0.717) is 25.6 Å². The number of benzene rings is 1. The van der Waals surface area contributed by atoms with Crippen LogP contribution in [0.2, 0.25) is 0 Å². The predicted molar refractivity (Wildman–Crippen MR) is 130 cm³/mol. The van der Waals surface area contributed by atoms with Crippen LogP contribution in [0.4, 0.5) is 0 Å². The second-order valence-electron chi connectivity index (χ2n) is 6.46. The van der Waals surface area contributed by atoms with Crippen LogP contribution in [0.15, 0.2) is 66.0 Å². The third kappa shape index (κ3) is 7.33. The number of hydrogen-bond donors (Lipinski definition) is 2. The normalized spacial score (nSPS) is 10.9. The Morgan fingerprint density at radius 3 is 2.63 bits per heavy atom. The van der Waals surface area contributed by atoms with Crippen LogP contribution in [0, 0.1) is 0 Å². The standard InChI is InChI=1S/C22H28N6O.HI/c1-3-23-22(25-15-18-10-12-24-21(14-18)29-4-2)26-16-19-8-5-6-9-20(19)17-28-13-7-11-27-28;/h5-14H,3-4,15-17H2,1-2H3,(H2,23,25,26);1H. The third-order valence-corrected chi connectivity index (χ3v) is 4.31. The summed E-state index contributed by atoms with van der Waals surface area (Å²) in [6, 6.07) is 14.2. The fourth-order valence-electron chi connectivity index (χ4n) is 2.92. The van der Waals surface area contributed by atoms with Crippen molar-refractivity contribution in [3.63, 3.8) is 0 Å². The van der Waals surface area contributed by atoms with Gasteiger partial charge in [0.1, 0.15) is 0 Å². The van der Waals surface area contributed by atoms with Crippen molar-refractivity contribution in [1.82, 2.24) is 25.4 Å². The van der Waals surface area contributed by atoms with Crippen LogP contribution >= 0.6 is 24.0 Å². The highest BCUT2D eigenvalue weighted by molar-refractivity contribution is 14.0. The maximum absolute atomic E-state index is 5.46. The first-order valence-corrected chi connectivity index (χ1v) is 9.92. The molecule has 3 rings (SSSR count). The van der Waals surface area contributed by atoms with Crippen molar-refractivity contribution < 1.29 is 4.74 Å². The fraction of sp³-hybridized carbons (Fsp3) is 0.318. The van der Waals surface area contributed by atoms with Crippen LogP contribution in [0.25, 0.3) is 0 Å². The van der Waals surface area contributed by atoms with Crippen molar-refractivity contribution in [3.05, 3.63) is 77.7 Å². The van der Waals surface area contributed by atoms with Gasteiger partial charge in [-0.1, -0.05) is 24.3 Å². The highest BCUT2D eigenvalue weighted by Crippen LogP contribution is 2.11. The Balaban J connectivity index is 0.00000320. The summed E-state index contributed by atoms with van der Waals surface area (Å²) in [6.45, 7) is 7.38. The second-order valence-corrected chi connectivity index (χ2v) is 6.46. The Labute approximate surface area is 195 Å². The van der Waals surface area contributed by atoms with E-state index in [1.165, 1.54) is 11.1 Å². The van der Waals surface area contributed by atoms with Crippen molar-refractivity contribution in [2.24, 2.45) is 4.99 Å². The van der Waals surface area contributed by atoms with Gasteiger partial charge in [0.05, 0.1) is 19.7 Å². The lowest BCUT2D eigenvalue weighted by Crippen LogP contribution is -2.37. The highest BCUT2D eigenvalue weighted by atomic mass is 127. The monoisotopic (exact) mass is 520 g/mol. The lowest BCUT2D eigenvalue weighted by Gasteiger charge is -2.14. The Morgan fingerprint density at radius 2 is 1.90 bits per heavy atom. The molecule has 160 valence electrons. The molecule has 0 fully saturated rings. The first kappa shape index (κ1) is 23.7. The van der Waals surface area contributed by atoms with E-state index in [9.17, 15) is 0 Å². The van der Waals surface area contributed by atoms with Crippen molar-refractivity contribution in [1.29, 1.82) is 0 Å². The van der Waals surface area contributed by atoms with Gasteiger partial charge in [-0.05, 0) is 42.7 Å². The Hall–Kier alpha value is -2.62. The SMILES string of the molecule is CCNC(=NCc1ccnc(OCC)c1)NCc1ccccc1Cn1cccn1.I. The zero-order valence-corrected chi connectivity index (χ0v) is 19.7. The van der Waals surface area contributed by atoms with Gasteiger partial charge in [-0.25, -0.2) is 9.98 Å². The highest BCUT2D eigenvalue weighted by Gasteiger charge is 2.05. The molecule has 3 aromatic rings. The lowest BCUT2D eigenvalue weighted by atomic mass is 10.1. The molecule has 2 aromatic heterocycles. The molecule has 0 aliphatic heterocycles. The number of nitrogens with zero attached hydrogens (tertiary/aromatic N) is 4. The first-order chi connectivity index (χ1) is 14.3. The second kappa shape index (κ2) is 12.8. The van der Waals surface area contributed by atoms with Gasteiger partial charge in [0, 0.05) is 37.7 Å². The molecule has 2 heterocycles. The molecule has 0 saturated heterocycles. The zero-order chi connectivity index (χ0) is 20.3. The minimum Gasteiger partial charge on any atom is -0.478 e. The Bertz CT molecular complexity index is 914. The maximum Gasteiger partial charge on any atom is 0.213 e. The number of hydrogen-bond acceptors (Lipinski definition) is 4. The van der Waals surface area contributed by atoms with Gasteiger partial charge in [-0.3, -0.25) is 4.68 Å². The summed E-state index contributed by atoms with van der Waals surface area (Å²) >= 11 is 0. The third-order valence-electron chi connectivity index (χ3n) is 4.31. The van der Waals surface area contributed by atoms with Crippen LogP contribution in [0.3, 0.4) is 0 Å². The van der Waals surface area contributed by atoms with E-state index in [1.54, 1.807) is 12.4 Å². The lowest BCUT2D eigenvalue weighted by molar-refractivity contribution is 0.326. The summed E-state index contributed by atoms with van der Waals surface area (Å²) in [7, 11) is 0. The molecule has 8 heteroatoms. The van der Waals surface area contributed by atoms with Crippen LogP contribution < -0.4 is 15.4 Å². The molecule has 0 amide bonds. The molecule has 0 unspecified atom stereocenters. The van der Waals surface area contributed by atoms with Crippen LogP contribution in [0.1, 0.15) is 30.5 Å². The molecule has 2 N–H and O–H groups in total. The summed E-state index contributed by atoms with van der Waals surface area (Å²) in [5, 5.41) is 11.0. The number of guanidine groups is 1. The van der Waals surface area contributed by atoms with Gasteiger partial charge in [0.25, 0.3) is 0 Å². The fourth-order valence-corrected chi connectivity index (χ4v) is 2.92. The molecule has 0 aliphatic carbocycles. The summed E-state index contributed by atoms with van der Waals surface area (Å²) in [4.78, 5) is 8.90. The number of aromatic nitrogens is 3. The van der Waals surface area contributed by atoms with E-state index in [-0.39, 0.29) is 24.0 Å². The van der Waals surface area contributed by atoms with Crippen LogP contribution in [-0.4, -0.2) is 33.9 Å². The summed E-state index contributed by atoms with van der Waals surface area (Å²) < 4.78 is 7.39. The quantitative estimate of drug-likeness (QED) is 0.256. The van der Waals surface area contributed by atoms with E-state index in [4.69, 9.17) is 9.73 Å². The van der Waals surface area contributed by atoms with E-state index in [2.05, 4.69) is 51.9 Å². The largest absolute Gasteiger partial charge is 0.478 e. The molecule has 1 aromatic carbocycles. The molecular formula is C22H29IN6O. The first-order valence-electron chi connectivity index (χ1n) is 9.92. The molecule has 0 aliphatic rings. The number of halogens is 1. The van der Waals surface area contributed by atoms with Gasteiger partial charge in [-0.2, -0.15) is 5.10 Å². The molecule has 0 spiro atoms. The number of aliphatic imine (C=N–C) groups is 1. The van der Waals surface area contributed by atoms with Gasteiger partial charge < -0.3 is 15.4 Å². The zero-order valence-electron chi connectivity index (χ0n) is 17.4. The predicted octanol–water partition coefficient (Wildman–Crippen LogP) is 3.60. The van der Waals surface area contributed by atoms with Gasteiger partial charge in [-0.15, -0.1) is 24.0 Å². The van der Waals surface area contributed by atoms with Gasteiger partial charge in [0.15, 0.2) is 5.96 Å². The van der Waals surface area contributed by atoms with E-state index in [0.717, 1.165) is 24.6 Å². The molecule has 0 radical (unpaired) electrons. The average molecular weight is 520 g/mol. The van der Waals surface area contributed by atoms with Crippen molar-refractivity contribution in [2.45, 2.75) is 33.5 Å². The molecule has 0 atom stereocenters. The van der Waals surface area contributed by atoms with Crippen molar-refractivity contribution in [3.8, 4) is 5.88 Å². The smallest absolute Gasteiger partial charge is 0.213 e. The molecular weight excluding hydrogens is 491 g/mol. The number of rotatable bonds is 9. The topological polar surface area (TPSA) is 76.4 Å². The Kier molecular flexibility index (Phi) is 10.1. The minimum atomic E-state index is 0. The van der Waals surface area contributed by atoms with Crippen molar-refractivity contribution in [2.75, 3.05) is 13.2 Å². The van der Waals surface area contributed by atoms with Crippen LogP contribution in [-0.2, 0) is 19.6 Å². The molecule has 30 heavy (non-hydrogen) atoms. The van der Waals surface area contributed by atoms with Gasteiger partial charge >= 0.3 is 0 Å². The number of ether oxygens (including phenoxy) is 1. The Morgan fingerprint density at radius 1 is 1.07 bits per heavy atom. The molecule has 0 bridgehead atoms. The summed E-state index contributed by atoms with van der Waals surface area (Å²) in [5.41, 5.74) is 3.51. The maximum atomic E-state index is 5.46. The molecule has 0 saturated carbocycles. The van der Waals surface area contributed by atoms with E-state index in [1.807, 2.05) is 36.0 Å².